The molecule has 1 aromatic heterocycles. The highest BCUT2D eigenvalue weighted by molar-refractivity contribution is 14.1. The SMILES string of the molecule is N#C/C(=C\c1ccc(-c2ccc(Cl)cc2)o1)C(=O)Nc1cccc(I)c1. The van der Waals surface area contributed by atoms with Crippen LogP contribution in [-0.2, 0) is 4.79 Å². The van der Waals surface area contributed by atoms with Crippen LogP contribution in [0.25, 0.3) is 17.4 Å². The highest BCUT2D eigenvalue weighted by Gasteiger charge is 2.11. The second-order valence-electron chi connectivity index (χ2n) is 5.34. The summed E-state index contributed by atoms with van der Waals surface area (Å²) < 4.78 is 6.70. The second-order valence-corrected chi connectivity index (χ2v) is 7.03. The van der Waals surface area contributed by atoms with Crippen LogP contribution in [0, 0.1) is 14.9 Å². The van der Waals surface area contributed by atoms with Gasteiger partial charge in [-0.1, -0.05) is 17.7 Å². The Balaban J connectivity index is 1.80. The summed E-state index contributed by atoms with van der Waals surface area (Å²) in [5.74, 6) is 0.562. The van der Waals surface area contributed by atoms with Crippen molar-refractivity contribution in [2.45, 2.75) is 0 Å². The van der Waals surface area contributed by atoms with E-state index in [9.17, 15) is 10.1 Å². The predicted octanol–water partition coefficient (Wildman–Crippen LogP) is 5.75. The highest BCUT2D eigenvalue weighted by atomic mass is 127. The number of rotatable bonds is 4. The van der Waals surface area contributed by atoms with Gasteiger partial charge in [0.2, 0.25) is 0 Å². The van der Waals surface area contributed by atoms with Gasteiger partial charge in [0.15, 0.2) is 0 Å². The fourth-order valence-electron chi connectivity index (χ4n) is 2.26. The molecule has 2 aromatic carbocycles. The molecular weight excluding hydrogens is 463 g/mol. The van der Waals surface area contributed by atoms with Crippen molar-refractivity contribution in [2.75, 3.05) is 5.32 Å². The van der Waals surface area contributed by atoms with Gasteiger partial charge in [-0.3, -0.25) is 4.79 Å². The first kappa shape index (κ1) is 18.2. The zero-order chi connectivity index (χ0) is 18.5. The summed E-state index contributed by atoms with van der Waals surface area (Å²) in [5.41, 5.74) is 1.45. The average Bonchev–Trinajstić information content (AvgIpc) is 3.09. The van der Waals surface area contributed by atoms with Crippen LogP contribution in [0.3, 0.4) is 0 Å². The standard InChI is InChI=1S/C20H12ClIN2O2/c21-15-6-4-13(5-7-15)19-9-8-18(26-19)10-14(12-23)20(25)24-17-3-1-2-16(22)11-17/h1-11H,(H,24,25)/b14-10+. The quantitative estimate of drug-likeness (QED) is 0.297. The molecule has 128 valence electrons. The normalized spacial score (nSPS) is 11.0. The Kier molecular flexibility index (Phi) is 5.76. The zero-order valence-electron chi connectivity index (χ0n) is 13.4. The number of halogens is 2. The third-order valence-electron chi connectivity index (χ3n) is 3.49. The largest absolute Gasteiger partial charge is 0.457 e. The van der Waals surface area contributed by atoms with Crippen molar-refractivity contribution < 1.29 is 9.21 Å². The van der Waals surface area contributed by atoms with Crippen LogP contribution in [0.4, 0.5) is 5.69 Å². The molecule has 1 heterocycles. The highest BCUT2D eigenvalue weighted by Crippen LogP contribution is 2.25. The van der Waals surface area contributed by atoms with Crippen LogP contribution in [0.5, 0.6) is 0 Å². The van der Waals surface area contributed by atoms with Crippen molar-refractivity contribution >= 4 is 51.9 Å². The van der Waals surface area contributed by atoms with Gasteiger partial charge in [-0.25, -0.2) is 0 Å². The number of benzene rings is 2. The number of hydrogen-bond acceptors (Lipinski definition) is 3. The molecule has 0 aliphatic carbocycles. The van der Waals surface area contributed by atoms with Crippen molar-refractivity contribution in [1.82, 2.24) is 0 Å². The molecule has 1 N–H and O–H groups in total. The summed E-state index contributed by atoms with van der Waals surface area (Å²) in [5, 5.41) is 12.7. The number of nitrogens with zero attached hydrogens (tertiary/aromatic N) is 1. The van der Waals surface area contributed by atoms with Gasteiger partial charge in [-0.15, -0.1) is 0 Å². The molecule has 1 amide bonds. The minimum Gasteiger partial charge on any atom is -0.457 e. The van der Waals surface area contributed by atoms with E-state index in [2.05, 4.69) is 27.9 Å². The van der Waals surface area contributed by atoms with Gasteiger partial charge in [-0.05, 0) is 77.2 Å². The third kappa shape index (κ3) is 4.54. The molecule has 0 atom stereocenters. The molecule has 26 heavy (non-hydrogen) atoms. The molecule has 4 nitrogen and oxygen atoms in total. The van der Waals surface area contributed by atoms with Gasteiger partial charge in [0.1, 0.15) is 23.2 Å². The van der Waals surface area contributed by atoms with Crippen LogP contribution < -0.4 is 5.32 Å². The van der Waals surface area contributed by atoms with E-state index in [0.717, 1.165) is 9.13 Å². The maximum atomic E-state index is 12.3. The van der Waals surface area contributed by atoms with Crippen LogP contribution in [-0.4, -0.2) is 5.91 Å². The second kappa shape index (κ2) is 8.21. The number of carbonyl (C=O) groups is 1. The molecule has 3 rings (SSSR count). The van der Waals surface area contributed by atoms with Crippen molar-refractivity contribution in [3.05, 3.63) is 80.6 Å². The molecular formula is C20H12ClIN2O2. The lowest BCUT2D eigenvalue weighted by atomic mass is 10.2. The molecule has 6 heteroatoms. The van der Waals surface area contributed by atoms with Crippen molar-refractivity contribution in [1.29, 1.82) is 5.26 Å². The summed E-state index contributed by atoms with van der Waals surface area (Å²) in [6, 6.07) is 19.9. The monoisotopic (exact) mass is 474 g/mol. The van der Waals surface area contributed by atoms with E-state index >= 15 is 0 Å². The Hall–Kier alpha value is -2.56. The van der Waals surface area contributed by atoms with Crippen LogP contribution in [0.1, 0.15) is 5.76 Å². The number of anilines is 1. The molecule has 0 fully saturated rings. The maximum absolute atomic E-state index is 12.3. The molecule has 0 aliphatic rings. The molecule has 0 saturated heterocycles. The molecule has 0 spiro atoms. The van der Waals surface area contributed by atoms with Gasteiger partial charge in [0.25, 0.3) is 5.91 Å². The fraction of sp³-hybridized carbons (Fsp3) is 0. The summed E-state index contributed by atoms with van der Waals surface area (Å²) in [7, 11) is 0. The minimum atomic E-state index is -0.487. The van der Waals surface area contributed by atoms with E-state index in [1.165, 1.54) is 6.08 Å². The average molecular weight is 475 g/mol. The third-order valence-corrected chi connectivity index (χ3v) is 4.41. The number of hydrogen-bond donors (Lipinski definition) is 1. The number of carbonyl (C=O) groups excluding carboxylic acids is 1. The number of nitriles is 1. The minimum absolute atomic E-state index is 0.0409. The molecule has 0 radical (unpaired) electrons. The Morgan fingerprint density at radius 2 is 1.92 bits per heavy atom. The van der Waals surface area contributed by atoms with E-state index in [4.69, 9.17) is 16.0 Å². The summed E-state index contributed by atoms with van der Waals surface area (Å²) in [6.07, 6.45) is 1.42. The van der Waals surface area contributed by atoms with E-state index < -0.39 is 5.91 Å². The van der Waals surface area contributed by atoms with E-state index in [1.54, 1.807) is 30.3 Å². The number of furan rings is 1. The van der Waals surface area contributed by atoms with Crippen molar-refractivity contribution in [3.63, 3.8) is 0 Å². The Bertz CT molecular complexity index is 1020. The van der Waals surface area contributed by atoms with E-state index in [-0.39, 0.29) is 5.57 Å². The number of amides is 1. The van der Waals surface area contributed by atoms with Crippen LogP contribution in [0.15, 0.2) is 70.7 Å². The topological polar surface area (TPSA) is 66.0 Å². The summed E-state index contributed by atoms with van der Waals surface area (Å²) >= 11 is 8.04. The first-order valence-electron chi connectivity index (χ1n) is 7.59. The van der Waals surface area contributed by atoms with Crippen molar-refractivity contribution in [3.8, 4) is 17.4 Å². The molecule has 0 bridgehead atoms. The Morgan fingerprint density at radius 1 is 1.15 bits per heavy atom. The predicted molar refractivity (Wildman–Crippen MR) is 111 cm³/mol. The summed E-state index contributed by atoms with van der Waals surface area (Å²) in [6.45, 7) is 0. The Labute approximate surface area is 169 Å². The van der Waals surface area contributed by atoms with Gasteiger partial charge < -0.3 is 9.73 Å². The first-order valence-corrected chi connectivity index (χ1v) is 9.05. The molecule has 3 aromatic rings. The Morgan fingerprint density at radius 3 is 2.62 bits per heavy atom. The lowest BCUT2D eigenvalue weighted by molar-refractivity contribution is -0.112. The van der Waals surface area contributed by atoms with E-state index in [0.29, 0.717) is 22.2 Å². The van der Waals surface area contributed by atoms with Gasteiger partial charge in [0, 0.05) is 25.9 Å². The van der Waals surface area contributed by atoms with Gasteiger partial charge in [-0.2, -0.15) is 5.26 Å². The zero-order valence-corrected chi connectivity index (χ0v) is 16.3. The van der Waals surface area contributed by atoms with Gasteiger partial charge >= 0.3 is 0 Å². The van der Waals surface area contributed by atoms with Gasteiger partial charge in [0.05, 0.1) is 0 Å². The van der Waals surface area contributed by atoms with Crippen LogP contribution in [0.2, 0.25) is 5.02 Å². The summed E-state index contributed by atoms with van der Waals surface area (Å²) in [4.78, 5) is 12.3. The lowest BCUT2D eigenvalue weighted by Crippen LogP contribution is -2.13. The van der Waals surface area contributed by atoms with Crippen LogP contribution >= 0.6 is 34.2 Å². The number of nitrogens with one attached hydrogen (secondary N) is 1. The fourth-order valence-corrected chi connectivity index (χ4v) is 2.92. The smallest absolute Gasteiger partial charge is 0.266 e. The molecule has 0 unspecified atom stereocenters. The lowest BCUT2D eigenvalue weighted by Gasteiger charge is -2.04. The molecule has 0 aliphatic heterocycles. The first-order chi connectivity index (χ1) is 12.5. The maximum Gasteiger partial charge on any atom is 0.266 e. The van der Waals surface area contributed by atoms with Crippen molar-refractivity contribution in [2.24, 2.45) is 0 Å². The van der Waals surface area contributed by atoms with E-state index in [1.807, 2.05) is 36.4 Å². The molecule has 0 saturated carbocycles.